The first-order valence-electron chi connectivity index (χ1n) is 11.0. The van der Waals surface area contributed by atoms with Crippen LogP contribution in [0.25, 0.3) is 0 Å². The van der Waals surface area contributed by atoms with Crippen LogP contribution < -0.4 is 9.47 Å². The number of methoxy groups -OCH3 is 1. The molecule has 4 nitrogen and oxygen atoms in total. The Bertz CT molecular complexity index is 740. The molecule has 164 valence electrons. The van der Waals surface area contributed by atoms with Gasteiger partial charge in [0.2, 0.25) is 0 Å². The maximum absolute atomic E-state index is 9.92. The first-order chi connectivity index (χ1) is 14.5. The van der Waals surface area contributed by atoms with Crippen molar-refractivity contribution in [1.29, 1.82) is 0 Å². The minimum Gasteiger partial charge on any atom is -0.497 e. The molecule has 0 radical (unpaired) electrons. The van der Waals surface area contributed by atoms with Crippen LogP contribution in [0.1, 0.15) is 74.6 Å². The molecule has 1 unspecified atom stereocenters. The number of ether oxygens (including phenoxy) is 2. The molecule has 0 aliphatic rings. The molecule has 2 aromatic rings. The highest BCUT2D eigenvalue weighted by Crippen LogP contribution is 2.38. The van der Waals surface area contributed by atoms with E-state index >= 15 is 0 Å². The fourth-order valence-corrected chi connectivity index (χ4v) is 3.95. The van der Waals surface area contributed by atoms with Gasteiger partial charge in [0.25, 0.3) is 0 Å². The molecule has 1 atom stereocenters. The van der Waals surface area contributed by atoms with Gasteiger partial charge in [-0.2, -0.15) is 0 Å². The Labute approximate surface area is 181 Å². The zero-order chi connectivity index (χ0) is 22.0. The average Bonchev–Trinajstić information content (AvgIpc) is 2.77. The third-order valence-electron chi connectivity index (χ3n) is 5.66. The standard InChI is InChI=1S/C26H37O4/c1-5-6-7-8-9-10-15-30-23-13-11-22(12-14-23)26(2,3)25-20(18-27)16-24(29-4)17-21(25)19-28/h11-14,16-17,27-28H,2,5-10,15,18-19H2,1,3-4H3/q+1. The fraction of sp³-hybridized carbons (Fsp3) is 0.500. The van der Waals surface area contributed by atoms with Gasteiger partial charge in [0.1, 0.15) is 11.5 Å². The number of aliphatic hydroxyl groups excluding tert-OH is 2. The summed E-state index contributed by atoms with van der Waals surface area (Å²) in [4.78, 5) is 0. The van der Waals surface area contributed by atoms with E-state index in [1.807, 2.05) is 31.2 Å². The number of rotatable bonds is 13. The number of hydrogen-bond donors (Lipinski definition) is 2. The zero-order valence-corrected chi connectivity index (χ0v) is 18.7. The Morgan fingerprint density at radius 1 is 0.867 bits per heavy atom. The molecule has 0 fully saturated rings. The Hall–Kier alpha value is -2.17. The van der Waals surface area contributed by atoms with Crippen LogP contribution >= 0.6 is 0 Å². The van der Waals surface area contributed by atoms with Crippen molar-refractivity contribution in [3.8, 4) is 11.5 Å². The molecular formula is C26H37O4+. The van der Waals surface area contributed by atoms with Crippen LogP contribution in [0.5, 0.6) is 11.5 Å². The number of aliphatic hydroxyl groups is 2. The minimum atomic E-state index is -0.639. The van der Waals surface area contributed by atoms with E-state index in [2.05, 4.69) is 13.8 Å². The van der Waals surface area contributed by atoms with E-state index in [0.29, 0.717) is 16.9 Å². The lowest BCUT2D eigenvalue weighted by atomic mass is 9.74. The minimum absolute atomic E-state index is 0.149. The maximum atomic E-state index is 9.92. The summed E-state index contributed by atoms with van der Waals surface area (Å²) in [7, 11) is 1.57. The second-order valence-corrected chi connectivity index (χ2v) is 8.11. The highest BCUT2D eigenvalue weighted by atomic mass is 16.5. The summed E-state index contributed by atoms with van der Waals surface area (Å²) < 4.78 is 11.2. The van der Waals surface area contributed by atoms with Crippen molar-refractivity contribution in [3.63, 3.8) is 0 Å². The molecule has 0 amide bonds. The molecule has 0 saturated carbocycles. The summed E-state index contributed by atoms with van der Waals surface area (Å²) in [6.07, 6.45) is 7.45. The van der Waals surface area contributed by atoms with Gasteiger partial charge in [-0.3, -0.25) is 0 Å². The van der Waals surface area contributed by atoms with Crippen molar-refractivity contribution in [2.45, 2.75) is 71.0 Å². The normalized spacial score (nSPS) is 13.1. The van der Waals surface area contributed by atoms with Crippen LogP contribution in [0.2, 0.25) is 0 Å². The van der Waals surface area contributed by atoms with Crippen molar-refractivity contribution in [3.05, 3.63) is 65.6 Å². The predicted molar refractivity (Wildman–Crippen MR) is 122 cm³/mol. The first kappa shape index (κ1) is 24.1. The van der Waals surface area contributed by atoms with Crippen LogP contribution in [0.4, 0.5) is 0 Å². The van der Waals surface area contributed by atoms with Gasteiger partial charge >= 0.3 is 0 Å². The molecule has 0 bridgehead atoms. The van der Waals surface area contributed by atoms with E-state index in [0.717, 1.165) is 29.9 Å². The molecule has 0 aliphatic heterocycles. The molecular weight excluding hydrogens is 376 g/mol. The zero-order valence-electron chi connectivity index (χ0n) is 18.7. The monoisotopic (exact) mass is 413 g/mol. The third kappa shape index (κ3) is 6.16. The molecule has 4 heteroatoms. The van der Waals surface area contributed by atoms with Crippen molar-refractivity contribution >= 4 is 0 Å². The topological polar surface area (TPSA) is 58.9 Å². The fourth-order valence-electron chi connectivity index (χ4n) is 3.95. The Balaban J connectivity index is 2.10. The van der Waals surface area contributed by atoms with Crippen molar-refractivity contribution < 1.29 is 19.7 Å². The second kappa shape index (κ2) is 11.9. The largest absolute Gasteiger partial charge is 0.497 e. The lowest BCUT2D eigenvalue weighted by molar-refractivity contribution is 0.269. The Kier molecular flexibility index (Phi) is 9.54. The first-order valence-corrected chi connectivity index (χ1v) is 11.0. The van der Waals surface area contributed by atoms with Gasteiger partial charge in [-0.1, -0.05) is 51.2 Å². The summed E-state index contributed by atoms with van der Waals surface area (Å²) in [6, 6.07) is 11.6. The SMILES string of the molecule is [CH2+]C(C)(c1ccc(OCCCCCCCC)cc1)c1c(CO)cc(OC)cc1CO. The summed E-state index contributed by atoms with van der Waals surface area (Å²) in [5.74, 6) is 1.46. The summed E-state index contributed by atoms with van der Waals surface area (Å²) in [5, 5.41) is 19.8. The van der Waals surface area contributed by atoms with E-state index in [-0.39, 0.29) is 13.2 Å². The van der Waals surface area contributed by atoms with Gasteiger partial charge in [0.15, 0.2) is 5.41 Å². The quantitative estimate of drug-likeness (QED) is 0.333. The second-order valence-electron chi connectivity index (χ2n) is 8.11. The molecule has 2 aromatic carbocycles. The smallest absolute Gasteiger partial charge is 0.153 e. The van der Waals surface area contributed by atoms with E-state index in [9.17, 15) is 10.2 Å². The van der Waals surface area contributed by atoms with E-state index in [1.165, 1.54) is 32.1 Å². The summed E-state index contributed by atoms with van der Waals surface area (Å²) in [5.41, 5.74) is 2.59. The molecule has 0 spiro atoms. The molecule has 2 N–H and O–H groups in total. The van der Waals surface area contributed by atoms with Gasteiger partial charge in [-0.15, -0.1) is 0 Å². The van der Waals surface area contributed by atoms with Crippen LogP contribution in [0.3, 0.4) is 0 Å². The Morgan fingerprint density at radius 3 is 1.97 bits per heavy atom. The molecule has 2 rings (SSSR count). The number of benzene rings is 2. The third-order valence-corrected chi connectivity index (χ3v) is 5.66. The number of unbranched alkanes of at least 4 members (excludes halogenated alkanes) is 5. The van der Waals surface area contributed by atoms with Gasteiger partial charge in [0, 0.05) is 11.1 Å². The van der Waals surface area contributed by atoms with Crippen LogP contribution in [0.15, 0.2) is 36.4 Å². The average molecular weight is 414 g/mol. The van der Waals surface area contributed by atoms with Gasteiger partial charge in [0.05, 0.1) is 33.9 Å². The van der Waals surface area contributed by atoms with Crippen LogP contribution in [-0.2, 0) is 18.6 Å². The predicted octanol–water partition coefficient (Wildman–Crippen LogP) is 5.56. The molecule has 0 aliphatic carbocycles. The van der Waals surface area contributed by atoms with Crippen molar-refractivity contribution in [2.24, 2.45) is 0 Å². The highest BCUT2D eigenvalue weighted by Gasteiger charge is 2.35. The number of hydrogen-bond acceptors (Lipinski definition) is 4. The lowest BCUT2D eigenvalue weighted by Crippen LogP contribution is -2.24. The molecule has 0 heterocycles. The summed E-state index contributed by atoms with van der Waals surface area (Å²) >= 11 is 0. The van der Waals surface area contributed by atoms with Crippen LogP contribution in [-0.4, -0.2) is 23.9 Å². The molecule has 0 aromatic heterocycles. The lowest BCUT2D eigenvalue weighted by Gasteiger charge is -2.25. The van der Waals surface area contributed by atoms with E-state index < -0.39 is 5.41 Å². The molecule has 0 saturated heterocycles. The highest BCUT2D eigenvalue weighted by molar-refractivity contribution is 5.52. The van der Waals surface area contributed by atoms with Gasteiger partial charge in [-0.05, 0) is 48.7 Å². The van der Waals surface area contributed by atoms with Crippen LogP contribution in [0, 0.1) is 6.92 Å². The van der Waals surface area contributed by atoms with Gasteiger partial charge < -0.3 is 19.7 Å². The summed E-state index contributed by atoms with van der Waals surface area (Å²) in [6.45, 7) is 9.08. The maximum Gasteiger partial charge on any atom is 0.153 e. The van der Waals surface area contributed by atoms with Gasteiger partial charge in [-0.25, -0.2) is 0 Å². The molecule has 30 heavy (non-hydrogen) atoms. The van der Waals surface area contributed by atoms with E-state index in [1.54, 1.807) is 19.2 Å². The van der Waals surface area contributed by atoms with E-state index in [4.69, 9.17) is 9.47 Å². The van der Waals surface area contributed by atoms with Crippen molar-refractivity contribution in [2.75, 3.05) is 13.7 Å². The Morgan fingerprint density at radius 2 is 1.43 bits per heavy atom. The van der Waals surface area contributed by atoms with Crippen molar-refractivity contribution in [1.82, 2.24) is 0 Å².